The van der Waals surface area contributed by atoms with Crippen molar-refractivity contribution in [2.75, 3.05) is 31.1 Å². The van der Waals surface area contributed by atoms with Crippen LogP contribution >= 0.6 is 23.2 Å². The number of amides is 2. The van der Waals surface area contributed by atoms with E-state index in [1.54, 1.807) is 18.2 Å². The minimum atomic E-state index is -0.155. The van der Waals surface area contributed by atoms with E-state index < -0.39 is 0 Å². The maximum Gasteiger partial charge on any atom is 0.251 e. The third-order valence-corrected chi connectivity index (χ3v) is 7.03. The maximum atomic E-state index is 13.3. The van der Waals surface area contributed by atoms with Crippen LogP contribution in [0.5, 0.6) is 0 Å². The molecule has 0 aromatic heterocycles. The van der Waals surface area contributed by atoms with E-state index in [2.05, 4.69) is 10.2 Å². The fourth-order valence-corrected chi connectivity index (χ4v) is 4.83. The van der Waals surface area contributed by atoms with E-state index in [0.717, 1.165) is 44.5 Å². The average Bonchev–Trinajstić information content (AvgIpc) is 2.81. The summed E-state index contributed by atoms with van der Waals surface area (Å²) in [7, 11) is 0. The van der Waals surface area contributed by atoms with E-state index >= 15 is 0 Å². The number of hydrogen-bond donors (Lipinski definition) is 1. The lowest BCUT2D eigenvalue weighted by atomic mass is 9.83. The largest absolute Gasteiger partial charge is 0.368 e. The Bertz CT molecular complexity index is 930. The predicted octanol–water partition coefficient (Wildman–Crippen LogP) is 4.63. The Balaban J connectivity index is 1.37. The quantitative estimate of drug-likeness (QED) is 0.724. The second-order valence-electron chi connectivity index (χ2n) is 8.25. The minimum absolute atomic E-state index is 0.102. The fourth-order valence-electron chi connectivity index (χ4n) is 4.54. The monoisotopic (exact) mass is 459 g/mol. The van der Waals surface area contributed by atoms with Crippen molar-refractivity contribution in [3.05, 3.63) is 64.1 Å². The van der Waals surface area contributed by atoms with Gasteiger partial charge in [-0.2, -0.15) is 0 Å². The molecule has 1 saturated carbocycles. The highest BCUT2D eigenvalue weighted by molar-refractivity contribution is 6.42. The van der Waals surface area contributed by atoms with Crippen LogP contribution in [0.3, 0.4) is 0 Å². The molecule has 1 aliphatic heterocycles. The van der Waals surface area contributed by atoms with Crippen molar-refractivity contribution in [1.82, 2.24) is 10.2 Å². The predicted molar refractivity (Wildman–Crippen MR) is 125 cm³/mol. The number of anilines is 1. The highest BCUT2D eigenvalue weighted by Gasteiger charge is 2.35. The first-order valence-electron chi connectivity index (χ1n) is 10.9. The van der Waals surface area contributed by atoms with Crippen LogP contribution in [0.1, 0.15) is 36.0 Å². The highest BCUT2D eigenvalue weighted by Crippen LogP contribution is 2.30. The molecular formula is C24H27Cl2N3O2. The SMILES string of the molecule is O=C(NC1CCCCC1C(=O)N1CCN(c2ccc(Cl)c(Cl)c2)CC1)c1ccccc1. The lowest BCUT2D eigenvalue weighted by molar-refractivity contribution is -0.137. The van der Waals surface area contributed by atoms with Gasteiger partial charge in [-0.15, -0.1) is 0 Å². The van der Waals surface area contributed by atoms with Crippen molar-refractivity contribution in [2.24, 2.45) is 5.92 Å². The zero-order valence-electron chi connectivity index (χ0n) is 17.4. The molecular weight excluding hydrogens is 433 g/mol. The van der Waals surface area contributed by atoms with E-state index in [9.17, 15) is 9.59 Å². The molecule has 2 atom stereocenters. The number of benzene rings is 2. The molecule has 1 heterocycles. The van der Waals surface area contributed by atoms with Gasteiger partial charge < -0.3 is 15.1 Å². The van der Waals surface area contributed by atoms with Gasteiger partial charge in [0.2, 0.25) is 5.91 Å². The number of nitrogens with one attached hydrogen (secondary N) is 1. The summed E-state index contributed by atoms with van der Waals surface area (Å²) in [5, 5.41) is 4.21. The Kier molecular flexibility index (Phi) is 7.03. The third-order valence-electron chi connectivity index (χ3n) is 6.30. The zero-order valence-corrected chi connectivity index (χ0v) is 18.9. The molecule has 2 aromatic carbocycles. The first kappa shape index (κ1) is 22.0. The molecule has 5 nitrogen and oxygen atoms in total. The first-order chi connectivity index (χ1) is 15.0. The number of hydrogen-bond acceptors (Lipinski definition) is 3. The van der Waals surface area contributed by atoms with Gasteiger partial charge in [-0.05, 0) is 43.2 Å². The van der Waals surface area contributed by atoms with Gasteiger partial charge in [-0.1, -0.05) is 54.2 Å². The van der Waals surface area contributed by atoms with E-state index in [-0.39, 0.29) is 23.8 Å². The summed E-state index contributed by atoms with van der Waals surface area (Å²) in [6.45, 7) is 2.82. The highest BCUT2D eigenvalue weighted by atomic mass is 35.5. The molecule has 0 radical (unpaired) electrons. The summed E-state index contributed by atoms with van der Waals surface area (Å²) >= 11 is 12.2. The summed E-state index contributed by atoms with van der Waals surface area (Å²) in [4.78, 5) is 30.2. The van der Waals surface area contributed by atoms with Gasteiger partial charge in [0.25, 0.3) is 5.91 Å². The van der Waals surface area contributed by atoms with Gasteiger partial charge in [-0.25, -0.2) is 0 Å². The second-order valence-corrected chi connectivity index (χ2v) is 9.06. The number of carbonyl (C=O) groups is 2. The molecule has 2 aromatic rings. The molecule has 7 heteroatoms. The number of piperazine rings is 1. The minimum Gasteiger partial charge on any atom is -0.368 e. The number of nitrogens with zero attached hydrogens (tertiary/aromatic N) is 2. The van der Waals surface area contributed by atoms with Crippen LogP contribution in [-0.2, 0) is 4.79 Å². The zero-order chi connectivity index (χ0) is 21.8. The normalized spacial score (nSPS) is 21.6. The summed E-state index contributed by atoms with van der Waals surface area (Å²) in [6, 6.07) is 14.7. The fraction of sp³-hybridized carbons (Fsp3) is 0.417. The Hall–Kier alpha value is -2.24. The Morgan fingerprint density at radius 2 is 1.58 bits per heavy atom. The van der Waals surface area contributed by atoms with Crippen LogP contribution < -0.4 is 10.2 Å². The molecule has 31 heavy (non-hydrogen) atoms. The molecule has 164 valence electrons. The van der Waals surface area contributed by atoms with E-state index in [1.165, 1.54) is 0 Å². The first-order valence-corrected chi connectivity index (χ1v) is 11.6. The van der Waals surface area contributed by atoms with Crippen molar-refractivity contribution < 1.29 is 9.59 Å². The Morgan fingerprint density at radius 3 is 2.29 bits per heavy atom. The summed E-state index contributed by atoms with van der Waals surface area (Å²) in [5.74, 6) is -0.0977. The van der Waals surface area contributed by atoms with Crippen molar-refractivity contribution in [1.29, 1.82) is 0 Å². The lowest BCUT2D eigenvalue weighted by Crippen LogP contribution is -2.54. The topological polar surface area (TPSA) is 52.7 Å². The van der Waals surface area contributed by atoms with Crippen LogP contribution in [0.4, 0.5) is 5.69 Å². The van der Waals surface area contributed by atoms with Crippen molar-refractivity contribution >= 4 is 40.7 Å². The second kappa shape index (κ2) is 9.92. The lowest BCUT2D eigenvalue weighted by Gasteiger charge is -2.40. The number of carbonyl (C=O) groups excluding carboxylic acids is 2. The van der Waals surface area contributed by atoms with E-state index in [4.69, 9.17) is 23.2 Å². The summed E-state index contributed by atoms with van der Waals surface area (Å²) in [5.41, 5.74) is 1.65. The third kappa shape index (κ3) is 5.16. The van der Waals surface area contributed by atoms with Crippen LogP contribution in [0.25, 0.3) is 0 Å². The van der Waals surface area contributed by atoms with Crippen LogP contribution in [0, 0.1) is 5.92 Å². The van der Waals surface area contributed by atoms with Crippen molar-refractivity contribution in [3.63, 3.8) is 0 Å². The maximum absolute atomic E-state index is 13.3. The Morgan fingerprint density at radius 1 is 0.871 bits per heavy atom. The average molecular weight is 460 g/mol. The molecule has 4 rings (SSSR count). The molecule has 2 aliphatic rings. The van der Waals surface area contributed by atoms with Gasteiger partial charge in [0, 0.05) is 43.5 Å². The molecule has 1 N–H and O–H groups in total. The van der Waals surface area contributed by atoms with Crippen molar-refractivity contribution in [2.45, 2.75) is 31.7 Å². The number of rotatable bonds is 4. The molecule has 0 spiro atoms. The number of halogens is 2. The summed E-state index contributed by atoms with van der Waals surface area (Å²) in [6.07, 6.45) is 3.73. The summed E-state index contributed by atoms with van der Waals surface area (Å²) < 4.78 is 0. The standard InChI is InChI=1S/C24H27Cl2N3O2/c25-20-11-10-18(16-21(20)26)28-12-14-29(15-13-28)24(31)19-8-4-5-9-22(19)27-23(30)17-6-2-1-3-7-17/h1-3,6-7,10-11,16,19,22H,4-5,8-9,12-15H2,(H,27,30). The van der Waals surface area contributed by atoms with Gasteiger partial charge in [0.1, 0.15) is 0 Å². The molecule has 0 bridgehead atoms. The van der Waals surface area contributed by atoms with Gasteiger partial charge >= 0.3 is 0 Å². The molecule has 1 aliphatic carbocycles. The van der Waals surface area contributed by atoms with E-state index in [1.807, 2.05) is 35.2 Å². The smallest absolute Gasteiger partial charge is 0.251 e. The molecule has 2 fully saturated rings. The molecule has 1 saturated heterocycles. The van der Waals surface area contributed by atoms with Gasteiger partial charge in [-0.3, -0.25) is 9.59 Å². The Labute approximate surface area is 193 Å². The van der Waals surface area contributed by atoms with Gasteiger partial charge in [0.15, 0.2) is 0 Å². The van der Waals surface area contributed by atoms with Crippen LogP contribution in [-0.4, -0.2) is 48.9 Å². The molecule has 2 unspecified atom stereocenters. The van der Waals surface area contributed by atoms with Gasteiger partial charge in [0.05, 0.1) is 16.0 Å². The molecule has 2 amide bonds. The van der Waals surface area contributed by atoms with Crippen LogP contribution in [0.15, 0.2) is 48.5 Å². The van der Waals surface area contributed by atoms with Crippen molar-refractivity contribution in [3.8, 4) is 0 Å². The van der Waals surface area contributed by atoms with E-state index in [0.29, 0.717) is 28.7 Å². The van der Waals surface area contributed by atoms with Crippen LogP contribution in [0.2, 0.25) is 10.0 Å².